The second-order valence-corrected chi connectivity index (χ2v) is 6.52. The normalized spacial score (nSPS) is 15.5. The number of carbonyl (C=O) groups excluding carboxylic acids is 1. The minimum Gasteiger partial charge on any atom is -0.493 e. The maximum absolute atomic E-state index is 12.5. The van der Waals surface area contributed by atoms with Crippen LogP contribution in [0.4, 0.5) is 0 Å². The molecule has 1 aromatic carbocycles. The molecule has 7 heteroatoms. The van der Waals surface area contributed by atoms with Crippen LogP contribution in [-0.2, 0) is 11.2 Å². The molecule has 26 heavy (non-hydrogen) atoms. The molecule has 1 unspecified atom stereocenters. The van der Waals surface area contributed by atoms with Crippen molar-refractivity contribution in [2.45, 2.75) is 44.6 Å². The first-order valence-corrected chi connectivity index (χ1v) is 8.91. The molecule has 1 aromatic rings. The number of rotatable bonds is 8. The summed E-state index contributed by atoms with van der Waals surface area (Å²) in [6.45, 7) is 0.478. The van der Waals surface area contributed by atoms with Crippen LogP contribution in [0, 0.1) is 5.92 Å². The summed E-state index contributed by atoms with van der Waals surface area (Å²) < 4.78 is 16.0. The van der Waals surface area contributed by atoms with Crippen LogP contribution in [0.25, 0.3) is 0 Å². The van der Waals surface area contributed by atoms with Gasteiger partial charge >= 0.3 is 0 Å². The summed E-state index contributed by atoms with van der Waals surface area (Å²) >= 11 is 0. The van der Waals surface area contributed by atoms with Crippen LogP contribution in [0.2, 0.25) is 0 Å². The van der Waals surface area contributed by atoms with Crippen LogP contribution in [0.1, 0.15) is 37.7 Å². The molecule has 0 radical (unpaired) electrons. The van der Waals surface area contributed by atoms with Gasteiger partial charge in [0.05, 0.1) is 27.8 Å². The molecule has 148 valence electrons. The zero-order valence-corrected chi connectivity index (χ0v) is 16.7. The van der Waals surface area contributed by atoms with E-state index in [-0.39, 0.29) is 30.8 Å². The van der Waals surface area contributed by atoms with E-state index >= 15 is 0 Å². The Balaban J connectivity index is 0.00000338. The van der Waals surface area contributed by atoms with Crippen molar-refractivity contribution in [3.8, 4) is 17.2 Å². The Morgan fingerprint density at radius 2 is 1.69 bits per heavy atom. The maximum atomic E-state index is 12.5. The van der Waals surface area contributed by atoms with E-state index < -0.39 is 0 Å². The highest BCUT2D eigenvalue weighted by molar-refractivity contribution is 5.85. The van der Waals surface area contributed by atoms with Gasteiger partial charge in [-0.05, 0) is 36.5 Å². The predicted octanol–water partition coefficient (Wildman–Crippen LogP) is 2.70. The molecular weight excluding hydrogens is 356 g/mol. The summed E-state index contributed by atoms with van der Waals surface area (Å²) in [6.07, 6.45) is 6.28. The quantitative estimate of drug-likeness (QED) is 0.717. The van der Waals surface area contributed by atoms with E-state index in [0.717, 1.165) is 18.4 Å². The number of hydrogen-bond donors (Lipinski definition) is 2. The van der Waals surface area contributed by atoms with E-state index in [1.165, 1.54) is 19.3 Å². The lowest BCUT2D eigenvalue weighted by Gasteiger charge is -2.30. The van der Waals surface area contributed by atoms with Gasteiger partial charge in [-0.1, -0.05) is 19.3 Å². The standard InChI is InChI=1S/C19H30N2O4.ClH/c1-23-16-9-13(10-17(24-2)19(16)25-3)11-18(22)21-15(12-20)14-7-5-4-6-8-14;/h9-10,14-15H,4-8,11-12,20H2,1-3H3,(H,21,22);1H. The number of nitrogens with two attached hydrogens (primary N) is 1. The lowest BCUT2D eigenvalue weighted by Crippen LogP contribution is -2.46. The fourth-order valence-corrected chi connectivity index (χ4v) is 3.59. The van der Waals surface area contributed by atoms with Gasteiger partial charge in [-0.25, -0.2) is 0 Å². The summed E-state index contributed by atoms with van der Waals surface area (Å²) in [5.41, 5.74) is 6.71. The minimum atomic E-state index is -0.0321. The number of benzene rings is 1. The summed E-state index contributed by atoms with van der Waals surface area (Å²) in [7, 11) is 4.69. The second kappa shape index (κ2) is 11.1. The van der Waals surface area contributed by atoms with Gasteiger partial charge in [-0.2, -0.15) is 0 Å². The van der Waals surface area contributed by atoms with Crippen LogP contribution in [-0.4, -0.2) is 39.8 Å². The molecule has 0 aromatic heterocycles. The fraction of sp³-hybridized carbons (Fsp3) is 0.632. The molecule has 1 atom stereocenters. The average molecular weight is 387 g/mol. The average Bonchev–Trinajstić information content (AvgIpc) is 2.65. The third-order valence-corrected chi connectivity index (χ3v) is 4.91. The topological polar surface area (TPSA) is 82.8 Å². The highest BCUT2D eigenvalue weighted by atomic mass is 35.5. The van der Waals surface area contributed by atoms with E-state index in [0.29, 0.717) is 29.7 Å². The zero-order chi connectivity index (χ0) is 18.2. The highest BCUT2D eigenvalue weighted by Crippen LogP contribution is 2.38. The third kappa shape index (κ3) is 5.68. The number of amides is 1. The van der Waals surface area contributed by atoms with Gasteiger partial charge in [0.2, 0.25) is 11.7 Å². The van der Waals surface area contributed by atoms with Crippen molar-refractivity contribution in [3.05, 3.63) is 17.7 Å². The number of methoxy groups -OCH3 is 3. The molecular formula is C19H31ClN2O4. The summed E-state index contributed by atoms with van der Waals surface area (Å²) in [5, 5.41) is 3.11. The van der Waals surface area contributed by atoms with Crippen molar-refractivity contribution >= 4 is 18.3 Å². The molecule has 1 aliphatic rings. The summed E-state index contributed by atoms with van der Waals surface area (Å²) in [5.74, 6) is 2.08. The van der Waals surface area contributed by atoms with Crippen molar-refractivity contribution in [3.63, 3.8) is 0 Å². The Morgan fingerprint density at radius 1 is 1.12 bits per heavy atom. The molecule has 0 heterocycles. The first kappa shape index (κ1) is 22.4. The Hall–Kier alpha value is -1.66. The molecule has 1 aliphatic carbocycles. The van der Waals surface area contributed by atoms with Crippen molar-refractivity contribution in [2.75, 3.05) is 27.9 Å². The van der Waals surface area contributed by atoms with Crippen molar-refractivity contribution in [2.24, 2.45) is 11.7 Å². The molecule has 2 rings (SSSR count). The molecule has 1 amide bonds. The molecule has 6 nitrogen and oxygen atoms in total. The number of halogens is 1. The van der Waals surface area contributed by atoms with Crippen LogP contribution < -0.4 is 25.3 Å². The lowest BCUT2D eigenvalue weighted by atomic mass is 9.84. The van der Waals surface area contributed by atoms with Crippen LogP contribution in [0.3, 0.4) is 0 Å². The number of nitrogens with one attached hydrogen (secondary N) is 1. The highest BCUT2D eigenvalue weighted by Gasteiger charge is 2.24. The van der Waals surface area contributed by atoms with Gasteiger partial charge in [0.15, 0.2) is 11.5 Å². The molecule has 0 spiro atoms. The molecule has 0 bridgehead atoms. The van der Waals surface area contributed by atoms with Gasteiger partial charge in [0.25, 0.3) is 0 Å². The Bertz CT molecular complexity index is 552. The molecule has 0 saturated heterocycles. The van der Waals surface area contributed by atoms with E-state index in [4.69, 9.17) is 19.9 Å². The van der Waals surface area contributed by atoms with E-state index in [1.54, 1.807) is 33.5 Å². The number of carbonyl (C=O) groups is 1. The maximum Gasteiger partial charge on any atom is 0.224 e. The summed E-state index contributed by atoms with van der Waals surface area (Å²) in [6, 6.07) is 3.66. The van der Waals surface area contributed by atoms with Crippen molar-refractivity contribution < 1.29 is 19.0 Å². The number of ether oxygens (including phenoxy) is 3. The molecule has 0 aliphatic heterocycles. The smallest absolute Gasteiger partial charge is 0.224 e. The fourth-order valence-electron chi connectivity index (χ4n) is 3.59. The van der Waals surface area contributed by atoms with E-state index in [9.17, 15) is 4.79 Å². The van der Waals surface area contributed by atoms with Gasteiger partial charge in [0.1, 0.15) is 0 Å². The SMILES string of the molecule is COc1cc(CC(=O)NC(CN)C2CCCCC2)cc(OC)c1OC.Cl. The monoisotopic (exact) mass is 386 g/mol. The van der Waals surface area contributed by atoms with E-state index in [1.807, 2.05) is 0 Å². The van der Waals surface area contributed by atoms with Crippen LogP contribution in [0.5, 0.6) is 17.2 Å². The molecule has 1 saturated carbocycles. The van der Waals surface area contributed by atoms with Gasteiger partial charge < -0.3 is 25.3 Å². The summed E-state index contributed by atoms with van der Waals surface area (Å²) in [4.78, 5) is 12.5. The Labute approximate surface area is 162 Å². The third-order valence-electron chi connectivity index (χ3n) is 4.91. The van der Waals surface area contributed by atoms with Crippen molar-refractivity contribution in [1.82, 2.24) is 5.32 Å². The first-order valence-electron chi connectivity index (χ1n) is 8.91. The second-order valence-electron chi connectivity index (χ2n) is 6.52. The lowest BCUT2D eigenvalue weighted by molar-refractivity contribution is -0.121. The van der Waals surface area contributed by atoms with Crippen LogP contribution in [0.15, 0.2) is 12.1 Å². The van der Waals surface area contributed by atoms with Crippen molar-refractivity contribution in [1.29, 1.82) is 0 Å². The first-order chi connectivity index (χ1) is 12.1. The van der Waals surface area contributed by atoms with Gasteiger partial charge in [-0.15, -0.1) is 12.4 Å². The zero-order valence-electron chi connectivity index (χ0n) is 15.9. The molecule has 3 N–H and O–H groups in total. The number of hydrogen-bond acceptors (Lipinski definition) is 5. The predicted molar refractivity (Wildman–Crippen MR) is 105 cm³/mol. The van der Waals surface area contributed by atoms with Gasteiger partial charge in [0, 0.05) is 12.6 Å². The Kier molecular flexibility index (Phi) is 9.59. The van der Waals surface area contributed by atoms with Gasteiger partial charge in [-0.3, -0.25) is 4.79 Å². The van der Waals surface area contributed by atoms with Crippen LogP contribution >= 0.6 is 12.4 Å². The minimum absolute atomic E-state index is 0. The molecule has 1 fully saturated rings. The largest absolute Gasteiger partial charge is 0.493 e. The van der Waals surface area contributed by atoms with E-state index in [2.05, 4.69) is 5.32 Å². The Morgan fingerprint density at radius 3 is 2.15 bits per heavy atom.